The SMILES string of the molecule is [Br][Sn]([Br])([c]1ccccc1-c1ccccc1)[c]1ccccc1-c1ccccc1. The molecule has 0 amide bonds. The average Bonchev–Trinajstić information content (AvgIpc) is 2.75. The fraction of sp³-hybridized carbons (Fsp3) is 0. The molecule has 132 valence electrons. The van der Waals surface area contributed by atoms with E-state index >= 15 is 0 Å². The second-order valence-corrected chi connectivity index (χ2v) is 35.8. The van der Waals surface area contributed by atoms with Crippen LogP contribution in [0.5, 0.6) is 0 Å². The zero-order valence-electron chi connectivity index (χ0n) is 14.6. The van der Waals surface area contributed by atoms with Crippen molar-refractivity contribution < 1.29 is 0 Å². The minimum atomic E-state index is -3.20. The molecule has 0 aliphatic heterocycles. The van der Waals surface area contributed by atoms with Gasteiger partial charge in [-0.2, -0.15) is 0 Å². The third-order valence-electron chi connectivity index (χ3n) is 4.70. The third-order valence-corrected chi connectivity index (χ3v) is 22.5. The maximum atomic E-state index is 4.22. The summed E-state index contributed by atoms with van der Waals surface area (Å²) in [6, 6.07) is 38.8. The van der Waals surface area contributed by atoms with Crippen LogP contribution < -0.4 is 7.16 Å². The molecule has 0 saturated heterocycles. The zero-order chi connectivity index (χ0) is 18.7. The van der Waals surface area contributed by atoms with Crippen molar-refractivity contribution >= 4 is 46.5 Å². The summed E-state index contributed by atoms with van der Waals surface area (Å²) in [4.78, 5) is 0. The van der Waals surface area contributed by atoms with Crippen LogP contribution in [-0.2, 0) is 0 Å². The van der Waals surface area contributed by atoms with E-state index in [1.54, 1.807) is 0 Å². The first-order chi connectivity index (χ1) is 13.2. The number of halogens is 2. The zero-order valence-corrected chi connectivity index (χ0v) is 20.7. The molecule has 4 aromatic rings. The monoisotopic (exact) mass is 584 g/mol. The predicted molar refractivity (Wildman–Crippen MR) is 127 cm³/mol. The van der Waals surface area contributed by atoms with Gasteiger partial charge in [0.1, 0.15) is 0 Å². The molecule has 0 unspecified atom stereocenters. The van der Waals surface area contributed by atoms with E-state index < -0.39 is 13.9 Å². The average molecular weight is 585 g/mol. The van der Waals surface area contributed by atoms with Crippen LogP contribution in [0.25, 0.3) is 22.3 Å². The van der Waals surface area contributed by atoms with Crippen molar-refractivity contribution in [3.63, 3.8) is 0 Å². The maximum absolute atomic E-state index is 4.22. The molecular formula is C24H18Br2Sn. The van der Waals surface area contributed by atoms with E-state index in [9.17, 15) is 0 Å². The van der Waals surface area contributed by atoms with Crippen molar-refractivity contribution in [2.75, 3.05) is 0 Å². The Kier molecular flexibility index (Phi) is 5.86. The molecular weight excluding hydrogens is 567 g/mol. The van der Waals surface area contributed by atoms with Gasteiger partial charge in [0.05, 0.1) is 0 Å². The topological polar surface area (TPSA) is 0 Å². The fourth-order valence-corrected chi connectivity index (χ4v) is 18.5. The first-order valence-corrected chi connectivity index (χ1v) is 24.5. The van der Waals surface area contributed by atoms with Crippen LogP contribution in [0.2, 0.25) is 0 Å². The van der Waals surface area contributed by atoms with Gasteiger partial charge >= 0.3 is 178 Å². The van der Waals surface area contributed by atoms with Crippen LogP contribution in [0.3, 0.4) is 0 Å². The summed E-state index contributed by atoms with van der Waals surface area (Å²) >= 11 is 5.24. The van der Waals surface area contributed by atoms with Crippen LogP contribution in [0.1, 0.15) is 0 Å². The van der Waals surface area contributed by atoms with Gasteiger partial charge < -0.3 is 0 Å². The molecule has 0 atom stereocenters. The Balaban J connectivity index is 1.90. The van der Waals surface area contributed by atoms with E-state index in [2.05, 4.69) is 135 Å². The third kappa shape index (κ3) is 3.94. The second-order valence-electron chi connectivity index (χ2n) is 6.40. The minimum absolute atomic E-state index is 1.25. The van der Waals surface area contributed by atoms with E-state index in [0.29, 0.717) is 0 Å². The Bertz CT molecular complexity index is 959. The first kappa shape index (κ1) is 19.0. The molecule has 0 aliphatic rings. The van der Waals surface area contributed by atoms with Gasteiger partial charge in [-0.05, 0) is 0 Å². The van der Waals surface area contributed by atoms with Gasteiger partial charge in [-0.3, -0.25) is 0 Å². The molecule has 0 bridgehead atoms. The molecule has 0 nitrogen and oxygen atoms in total. The Morgan fingerprint density at radius 3 is 1.15 bits per heavy atom. The van der Waals surface area contributed by atoms with Crippen molar-refractivity contribution in [3.8, 4) is 22.3 Å². The molecule has 0 heterocycles. The van der Waals surface area contributed by atoms with E-state index in [1.165, 1.54) is 29.4 Å². The molecule has 3 heteroatoms. The summed E-state index contributed by atoms with van der Waals surface area (Å²) in [6.45, 7) is 0. The van der Waals surface area contributed by atoms with Gasteiger partial charge in [-0.1, -0.05) is 0 Å². The summed E-state index contributed by atoms with van der Waals surface area (Å²) in [5, 5.41) is 0. The number of hydrogen-bond acceptors (Lipinski definition) is 0. The van der Waals surface area contributed by atoms with Crippen LogP contribution in [0, 0.1) is 0 Å². The summed E-state index contributed by atoms with van der Waals surface area (Å²) in [6.07, 6.45) is 0. The molecule has 0 radical (unpaired) electrons. The molecule has 4 rings (SSSR count). The van der Waals surface area contributed by atoms with Crippen LogP contribution >= 0.6 is 25.4 Å². The molecule has 0 aliphatic carbocycles. The number of rotatable bonds is 4. The van der Waals surface area contributed by atoms with E-state index in [1.807, 2.05) is 0 Å². The van der Waals surface area contributed by atoms with Gasteiger partial charge in [0.15, 0.2) is 0 Å². The van der Waals surface area contributed by atoms with Gasteiger partial charge in [-0.25, -0.2) is 0 Å². The predicted octanol–water partition coefficient (Wildman–Crippen LogP) is 6.37. The van der Waals surface area contributed by atoms with Crippen molar-refractivity contribution in [1.29, 1.82) is 0 Å². The van der Waals surface area contributed by atoms with Crippen molar-refractivity contribution in [3.05, 3.63) is 109 Å². The Morgan fingerprint density at radius 2 is 0.741 bits per heavy atom. The van der Waals surface area contributed by atoms with Crippen molar-refractivity contribution in [2.24, 2.45) is 0 Å². The van der Waals surface area contributed by atoms with Crippen LogP contribution in [0.15, 0.2) is 109 Å². The van der Waals surface area contributed by atoms with Crippen molar-refractivity contribution in [2.45, 2.75) is 0 Å². The Labute approximate surface area is 176 Å². The second kappa shape index (κ2) is 8.34. The quantitative estimate of drug-likeness (QED) is 0.245. The molecule has 0 saturated carbocycles. The van der Waals surface area contributed by atoms with Gasteiger partial charge in [0.2, 0.25) is 0 Å². The fourth-order valence-electron chi connectivity index (χ4n) is 3.40. The summed E-state index contributed by atoms with van der Waals surface area (Å²) in [5.74, 6) is 0. The Hall–Kier alpha value is -1.36. The molecule has 27 heavy (non-hydrogen) atoms. The van der Waals surface area contributed by atoms with E-state index in [4.69, 9.17) is 0 Å². The summed E-state index contributed by atoms with van der Waals surface area (Å²) in [7, 11) is 0. The van der Waals surface area contributed by atoms with Crippen LogP contribution in [-0.4, -0.2) is 13.9 Å². The molecule has 0 fully saturated rings. The molecule has 4 aromatic carbocycles. The molecule has 0 aromatic heterocycles. The molecule has 0 N–H and O–H groups in total. The van der Waals surface area contributed by atoms with E-state index in [-0.39, 0.29) is 0 Å². The standard InChI is InChI=1S/2C12H9.2BrH.Sn/c2*1-3-7-11(8-4-1)12-9-5-2-6-10-12;;;/h2*1-9H;2*1H;/q;;;;+2/p-2. The van der Waals surface area contributed by atoms with Crippen molar-refractivity contribution in [1.82, 2.24) is 0 Å². The number of hydrogen-bond donors (Lipinski definition) is 0. The van der Waals surface area contributed by atoms with Gasteiger partial charge in [0.25, 0.3) is 0 Å². The normalized spacial score (nSPS) is 11.3. The number of benzene rings is 4. The van der Waals surface area contributed by atoms with Gasteiger partial charge in [0, 0.05) is 0 Å². The van der Waals surface area contributed by atoms with Gasteiger partial charge in [-0.15, -0.1) is 0 Å². The first-order valence-electron chi connectivity index (χ1n) is 8.85. The molecule has 0 spiro atoms. The summed E-state index contributed by atoms with van der Waals surface area (Å²) in [5.41, 5.74) is 5.10. The van der Waals surface area contributed by atoms with E-state index in [0.717, 1.165) is 0 Å². The Morgan fingerprint density at radius 1 is 0.407 bits per heavy atom. The van der Waals surface area contributed by atoms with Crippen LogP contribution in [0.4, 0.5) is 0 Å². The summed E-state index contributed by atoms with van der Waals surface area (Å²) < 4.78 is 2.78.